The molecule has 0 radical (unpaired) electrons. The maximum Gasteiger partial charge on any atom is 0.128 e. The van der Waals surface area contributed by atoms with Gasteiger partial charge >= 0.3 is 0 Å². The van der Waals surface area contributed by atoms with Crippen molar-refractivity contribution < 1.29 is 4.39 Å². The second kappa shape index (κ2) is 5.08. The molecule has 0 aliphatic carbocycles. The number of halogens is 1. The Morgan fingerprint density at radius 1 is 1.50 bits per heavy atom. The van der Waals surface area contributed by atoms with Crippen molar-refractivity contribution >= 4 is 0 Å². The summed E-state index contributed by atoms with van der Waals surface area (Å²) in [6.45, 7) is 4.00. The molecule has 3 heteroatoms. The average molecular weight is 196 g/mol. The van der Waals surface area contributed by atoms with Gasteiger partial charge < -0.3 is 0 Å². The summed E-state index contributed by atoms with van der Waals surface area (Å²) in [6, 6.07) is 5.01. The Morgan fingerprint density at radius 2 is 2.21 bits per heavy atom. The second-order valence-electron chi connectivity index (χ2n) is 3.53. The standard InChI is InChI=1S/C11H17FN2/c1-3-4-11(14-13)9-7-8(2)5-6-10(9)12/h5-7,11,14H,3-4,13H2,1-2H3. The van der Waals surface area contributed by atoms with Gasteiger partial charge in [-0.3, -0.25) is 11.3 Å². The molecular formula is C11H17FN2. The molecule has 1 atom stereocenters. The van der Waals surface area contributed by atoms with E-state index in [-0.39, 0.29) is 11.9 Å². The summed E-state index contributed by atoms with van der Waals surface area (Å²) < 4.78 is 13.4. The number of nitrogens with two attached hydrogens (primary N) is 1. The van der Waals surface area contributed by atoms with E-state index in [1.165, 1.54) is 6.07 Å². The van der Waals surface area contributed by atoms with Gasteiger partial charge in [-0.1, -0.05) is 31.0 Å². The van der Waals surface area contributed by atoms with Crippen LogP contribution in [0, 0.1) is 12.7 Å². The Bertz CT molecular complexity index is 299. The number of hydrogen-bond acceptors (Lipinski definition) is 2. The zero-order chi connectivity index (χ0) is 10.6. The molecule has 3 N–H and O–H groups in total. The lowest BCUT2D eigenvalue weighted by Gasteiger charge is -2.16. The van der Waals surface area contributed by atoms with Gasteiger partial charge in [-0.25, -0.2) is 4.39 Å². The summed E-state index contributed by atoms with van der Waals surface area (Å²) in [5.74, 6) is 5.21. The molecule has 0 saturated carbocycles. The van der Waals surface area contributed by atoms with Gasteiger partial charge in [-0.2, -0.15) is 0 Å². The maximum atomic E-state index is 13.4. The highest BCUT2D eigenvalue weighted by molar-refractivity contribution is 5.26. The van der Waals surface area contributed by atoms with Crippen molar-refractivity contribution in [3.05, 3.63) is 35.1 Å². The number of benzene rings is 1. The molecule has 1 aromatic rings. The van der Waals surface area contributed by atoms with E-state index in [1.807, 2.05) is 13.0 Å². The summed E-state index contributed by atoms with van der Waals surface area (Å²) in [5, 5.41) is 0. The number of rotatable bonds is 4. The summed E-state index contributed by atoms with van der Waals surface area (Å²) in [7, 11) is 0. The van der Waals surface area contributed by atoms with Gasteiger partial charge in [0.2, 0.25) is 0 Å². The minimum absolute atomic E-state index is 0.0834. The van der Waals surface area contributed by atoms with E-state index in [0.29, 0.717) is 5.56 Å². The smallest absolute Gasteiger partial charge is 0.128 e. The van der Waals surface area contributed by atoms with Crippen molar-refractivity contribution in [1.82, 2.24) is 5.43 Å². The van der Waals surface area contributed by atoms with Crippen LogP contribution >= 0.6 is 0 Å². The third-order valence-corrected chi connectivity index (χ3v) is 2.31. The first kappa shape index (κ1) is 11.1. The van der Waals surface area contributed by atoms with E-state index >= 15 is 0 Å². The number of aryl methyl sites for hydroxylation is 1. The third-order valence-electron chi connectivity index (χ3n) is 2.31. The van der Waals surface area contributed by atoms with Crippen LogP contribution in [0.3, 0.4) is 0 Å². The molecule has 0 aromatic heterocycles. The lowest BCUT2D eigenvalue weighted by molar-refractivity contribution is 0.480. The predicted molar refractivity (Wildman–Crippen MR) is 56.1 cm³/mol. The minimum Gasteiger partial charge on any atom is -0.271 e. The van der Waals surface area contributed by atoms with Crippen LogP contribution in [0.5, 0.6) is 0 Å². The fourth-order valence-electron chi connectivity index (χ4n) is 1.55. The highest BCUT2D eigenvalue weighted by Gasteiger charge is 2.12. The van der Waals surface area contributed by atoms with Crippen LogP contribution in [0.15, 0.2) is 18.2 Å². The zero-order valence-corrected chi connectivity index (χ0v) is 8.68. The second-order valence-corrected chi connectivity index (χ2v) is 3.53. The fourth-order valence-corrected chi connectivity index (χ4v) is 1.55. The third kappa shape index (κ3) is 2.53. The molecule has 0 amide bonds. The van der Waals surface area contributed by atoms with Crippen LogP contribution in [0.2, 0.25) is 0 Å². The van der Waals surface area contributed by atoms with E-state index < -0.39 is 0 Å². The summed E-state index contributed by atoms with van der Waals surface area (Å²) in [5.41, 5.74) is 4.36. The Hall–Kier alpha value is -0.930. The van der Waals surface area contributed by atoms with Crippen LogP contribution in [0.4, 0.5) is 4.39 Å². The summed E-state index contributed by atoms with van der Waals surface area (Å²) >= 11 is 0. The van der Waals surface area contributed by atoms with Gasteiger partial charge in [0.05, 0.1) is 0 Å². The molecule has 78 valence electrons. The summed E-state index contributed by atoms with van der Waals surface area (Å²) in [4.78, 5) is 0. The molecule has 1 aromatic carbocycles. The first-order valence-electron chi connectivity index (χ1n) is 4.91. The van der Waals surface area contributed by atoms with E-state index in [4.69, 9.17) is 5.84 Å². The van der Waals surface area contributed by atoms with Crippen LogP contribution < -0.4 is 11.3 Å². The van der Waals surface area contributed by atoms with Crippen molar-refractivity contribution in [3.63, 3.8) is 0 Å². The molecule has 0 aliphatic rings. The van der Waals surface area contributed by atoms with Gasteiger partial charge in [0.15, 0.2) is 0 Å². The van der Waals surface area contributed by atoms with Crippen LogP contribution in [0.25, 0.3) is 0 Å². The topological polar surface area (TPSA) is 38.0 Å². The predicted octanol–water partition coefficient (Wildman–Crippen LogP) is 2.44. The van der Waals surface area contributed by atoms with E-state index in [9.17, 15) is 4.39 Å². The molecule has 0 aliphatic heterocycles. The minimum atomic E-state index is -0.188. The van der Waals surface area contributed by atoms with Crippen LogP contribution in [-0.4, -0.2) is 0 Å². The van der Waals surface area contributed by atoms with Crippen molar-refractivity contribution in [2.45, 2.75) is 32.7 Å². The van der Waals surface area contributed by atoms with E-state index in [1.54, 1.807) is 6.07 Å². The molecular weight excluding hydrogens is 179 g/mol. The maximum absolute atomic E-state index is 13.4. The first-order chi connectivity index (χ1) is 6.69. The normalized spacial score (nSPS) is 12.9. The quantitative estimate of drug-likeness (QED) is 0.573. The SMILES string of the molecule is CCCC(NN)c1cc(C)ccc1F. The molecule has 0 heterocycles. The molecule has 14 heavy (non-hydrogen) atoms. The number of nitrogens with one attached hydrogen (secondary N) is 1. The monoisotopic (exact) mass is 196 g/mol. The highest BCUT2D eigenvalue weighted by Crippen LogP contribution is 2.21. The molecule has 1 rings (SSSR count). The Morgan fingerprint density at radius 3 is 2.79 bits per heavy atom. The number of hydrogen-bond donors (Lipinski definition) is 2. The van der Waals surface area contributed by atoms with Gasteiger partial charge in [0, 0.05) is 11.6 Å². The molecule has 0 spiro atoms. The average Bonchev–Trinajstić information content (AvgIpc) is 2.18. The lowest BCUT2D eigenvalue weighted by Crippen LogP contribution is -2.28. The number of hydrazine groups is 1. The van der Waals surface area contributed by atoms with E-state index in [2.05, 4.69) is 12.3 Å². The van der Waals surface area contributed by atoms with Gasteiger partial charge in [-0.15, -0.1) is 0 Å². The molecule has 2 nitrogen and oxygen atoms in total. The van der Waals surface area contributed by atoms with Gasteiger partial charge in [0.25, 0.3) is 0 Å². The highest BCUT2D eigenvalue weighted by atomic mass is 19.1. The summed E-state index contributed by atoms with van der Waals surface area (Å²) in [6.07, 6.45) is 1.82. The molecule has 0 saturated heterocycles. The lowest BCUT2D eigenvalue weighted by atomic mass is 10.0. The largest absolute Gasteiger partial charge is 0.271 e. The molecule has 0 bridgehead atoms. The van der Waals surface area contributed by atoms with Crippen LogP contribution in [-0.2, 0) is 0 Å². The van der Waals surface area contributed by atoms with E-state index in [0.717, 1.165) is 18.4 Å². The van der Waals surface area contributed by atoms with Crippen LogP contribution in [0.1, 0.15) is 36.9 Å². The van der Waals surface area contributed by atoms with Crippen molar-refractivity contribution in [1.29, 1.82) is 0 Å². The van der Waals surface area contributed by atoms with Crippen molar-refractivity contribution in [2.75, 3.05) is 0 Å². The Labute approximate surface area is 84.3 Å². The van der Waals surface area contributed by atoms with Gasteiger partial charge in [-0.05, 0) is 19.4 Å². The fraction of sp³-hybridized carbons (Fsp3) is 0.455. The van der Waals surface area contributed by atoms with Crippen molar-refractivity contribution in [2.24, 2.45) is 5.84 Å². The molecule has 1 unspecified atom stereocenters. The Kier molecular flexibility index (Phi) is 4.04. The first-order valence-corrected chi connectivity index (χ1v) is 4.91. The van der Waals surface area contributed by atoms with Crippen molar-refractivity contribution in [3.8, 4) is 0 Å². The molecule has 0 fully saturated rings. The Balaban J connectivity index is 2.96. The zero-order valence-electron chi connectivity index (χ0n) is 8.68. The van der Waals surface area contributed by atoms with Gasteiger partial charge in [0.1, 0.15) is 5.82 Å².